The van der Waals surface area contributed by atoms with Crippen LogP contribution in [0.4, 0.5) is 0 Å². The molecule has 3 aliphatic rings. The average Bonchev–Trinajstić information content (AvgIpc) is 3.96. The van der Waals surface area contributed by atoms with Gasteiger partial charge < -0.3 is 13.7 Å². The quantitative estimate of drug-likeness (QED) is 0.166. The number of fused-ring (bicyclic) bond motifs is 12. The fourth-order valence-corrected chi connectivity index (χ4v) is 9.69. The molecule has 0 bridgehead atoms. The summed E-state index contributed by atoms with van der Waals surface area (Å²) >= 11 is 1.56. The minimum Gasteiger partial charge on any atom is -0.503 e. The van der Waals surface area contributed by atoms with Crippen LogP contribution in [0.15, 0.2) is 126 Å². The summed E-state index contributed by atoms with van der Waals surface area (Å²) in [4.78, 5) is 5.85. The van der Waals surface area contributed by atoms with Crippen molar-refractivity contribution in [2.75, 3.05) is 0 Å². The van der Waals surface area contributed by atoms with Crippen molar-refractivity contribution >= 4 is 38.9 Å². The molecular formula is C43H27N3O2PtS. The molecule has 7 heteroatoms. The van der Waals surface area contributed by atoms with Crippen LogP contribution >= 0.6 is 11.5 Å². The van der Waals surface area contributed by atoms with E-state index in [9.17, 15) is 0 Å². The maximum Gasteiger partial charge on any atom is 2.00 e. The van der Waals surface area contributed by atoms with Gasteiger partial charge in [0.1, 0.15) is 11.6 Å². The minimum absolute atomic E-state index is 0. The first-order valence-electron chi connectivity index (χ1n) is 16.8. The summed E-state index contributed by atoms with van der Waals surface area (Å²) in [6.07, 6.45) is 8.22. The van der Waals surface area contributed by atoms with Gasteiger partial charge in [-0.05, 0) is 94.7 Å². The van der Waals surface area contributed by atoms with E-state index >= 15 is 0 Å². The van der Waals surface area contributed by atoms with Crippen LogP contribution in [0.2, 0.25) is 0 Å². The predicted molar refractivity (Wildman–Crippen MR) is 193 cm³/mol. The monoisotopic (exact) mass is 844 g/mol. The van der Waals surface area contributed by atoms with Crippen LogP contribution in [0.25, 0.3) is 54.9 Å². The standard InChI is InChI=1S/C43H27N3O2S.Pt/c1-4-15-34-29(12-1)30-13-2-5-16-35(30)43(34)39-40(45-49-41(39)33-21-23-47-42(33)43)26-10-9-11-27(24-26)48-28-19-20-32-31-14-3-6-17-36(31)46(37(32)25-28)38-18-7-8-22-44-38;/h1,3-4,6-12,14-15,17-23H,2,5,13,16H2;/q-2;+2. The van der Waals surface area contributed by atoms with Gasteiger partial charge in [-0.15, -0.1) is 41.3 Å². The second kappa shape index (κ2) is 11.2. The number of benzene rings is 4. The Balaban J connectivity index is 0.00000316. The summed E-state index contributed by atoms with van der Waals surface area (Å²) in [5.74, 6) is 3.10. The molecule has 0 saturated heterocycles. The summed E-state index contributed by atoms with van der Waals surface area (Å²) in [6, 6.07) is 42.7. The number of hydrogen-bond donors (Lipinski definition) is 0. The van der Waals surface area contributed by atoms with Gasteiger partial charge in [0.05, 0.1) is 16.6 Å². The molecule has 0 N–H and O–H groups in total. The van der Waals surface area contributed by atoms with Gasteiger partial charge in [-0.25, -0.2) is 9.36 Å². The Labute approximate surface area is 307 Å². The number of para-hydroxylation sites is 1. The van der Waals surface area contributed by atoms with E-state index < -0.39 is 5.41 Å². The van der Waals surface area contributed by atoms with Crippen molar-refractivity contribution in [2.24, 2.45) is 0 Å². The molecule has 0 saturated carbocycles. The van der Waals surface area contributed by atoms with Crippen molar-refractivity contribution in [3.05, 3.63) is 156 Å². The molecule has 0 fully saturated rings. The average molecular weight is 845 g/mol. The molecule has 1 atom stereocenters. The second-order valence-electron chi connectivity index (χ2n) is 13.0. The number of hydrogen-bond acceptors (Lipinski definition) is 5. The summed E-state index contributed by atoms with van der Waals surface area (Å²) in [5, 5.41) is 2.25. The van der Waals surface area contributed by atoms with Gasteiger partial charge in [-0.3, -0.25) is 0 Å². The maximum atomic E-state index is 6.54. The number of pyridine rings is 1. The summed E-state index contributed by atoms with van der Waals surface area (Å²) < 4.78 is 20.3. The van der Waals surface area contributed by atoms with Gasteiger partial charge in [-0.1, -0.05) is 60.1 Å². The van der Waals surface area contributed by atoms with Crippen LogP contribution < -0.4 is 4.74 Å². The van der Waals surface area contributed by atoms with E-state index in [0.29, 0.717) is 11.5 Å². The van der Waals surface area contributed by atoms with Crippen LogP contribution in [0.1, 0.15) is 48.1 Å². The molecule has 4 aromatic carbocycles. The van der Waals surface area contributed by atoms with E-state index in [1.165, 1.54) is 45.6 Å². The molecule has 5 nitrogen and oxygen atoms in total. The van der Waals surface area contributed by atoms with Gasteiger partial charge >= 0.3 is 21.1 Å². The van der Waals surface area contributed by atoms with Crippen LogP contribution in [0, 0.1) is 12.1 Å². The molecule has 11 rings (SSSR count). The Kier molecular flexibility index (Phi) is 6.71. The fraction of sp³-hybridized carbons (Fsp3) is 0.116. The summed E-state index contributed by atoms with van der Waals surface area (Å²) in [6.45, 7) is 0. The van der Waals surface area contributed by atoms with Crippen LogP contribution in [-0.4, -0.2) is 13.9 Å². The third-order valence-electron chi connectivity index (χ3n) is 10.6. The number of allylic oxidation sites excluding steroid dienone is 2. The zero-order valence-electron chi connectivity index (χ0n) is 26.7. The first kappa shape index (κ1) is 29.8. The van der Waals surface area contributed by atoms with Gasteiger partial charge in [0.15, 0.2) is 0 Å². The van der Waals surface area contributed by atoms with Crippen LogP contribution in [0.3, 0.4) is 0 Å². The Bertz CT molecular complexity index is 2670. The van der Waals surface area contributed by atoms with Crippen LogP contribution in [-0.2, 0) is 26.5 Å². The van der Waals surface area contributed by atoms with E-state index in [1.54, 1.807) is 11.5 Å². The smallest absolute Gasteiger partial charge is 0.503 e. The van der Waals surface area contributed by atoms with Crippen molar-refractivity contribution in [3.8, 4) is 39.0 Å². The molecule has 1 spiro atoms. The molecule has 50 heavy (non-hydrogen) atoms. The van der Waals surface area contributed by atoms with Crippen molar-refractivity contribution < 1.29 is 30.2 Å². The Hall–Kier alpha value is -5.03. The van der Waals surface area contributed by atoms with E-state index in [1.807, 2.05) is 48.9 Å². The number of rotatable bonds is 4. The molecule has 0 aliphatic heterocycles. The van der Waals surface area contributed by atoms with Gasteiger partial charge in [-0.2, -0.15) is 6.07 Å². The van der Waals surface area contributed by atoms with E-state index in [4.69, 9.17) is 13.5 Å². The minimum atomic E-state index is -0.467. The van der Waals surface area contributed by atoms with E-state index in [0.717, 1.165) is 63.0 Å². The SMILES string of the molecule is [Pt+2].[c-]1c(Oc2[c-]c3c(cc2)c2ccccc2n3-c2ccccn2)cccc1-c1nsc2c1C1(C3=C(CCCC3)c3ccccc31)c1occc1-2. The van der Waals surface area contributed by atoms with Crippen molar-refractivity contribution in [3.63, 3.8) is 0 Å². The third-order valence-corrected chi connectivity index (χ3v) is 11.5. The number of nitrogens with zero attached hydrogens (tertiary/aromatic N) is 3. The zero-order chi connectivity index (χ0) is 32.1. The second-order valence-corrected chi connectivity index (χ2v) is 13.8. The van der Waals surface area contributed by atoms with Crippen LogP contribution in [0.5, 0.6) is 11.5 Å². The largest absolute Gasteiger partial charge is 2.00 e. The zero-order valence-corrected chi connectivity index (χ0v) is 29.8. The molecule has 4 heterocycles. The van der Waals surface area contributed by atoms with Gasteiger partial charge in [0.2, 0.25) is 0 Å². The predicted octanol–water partition coefficient (Wildman–Crippen LogP) is 10.9. The first-order chi connectivity index (χ1) is 24.3. The fourth-order valence-electron chi connectivity index (χ4n) is 8.72. The van der Waals surface area contributed by atoms with Crippen molar-refractivity contribution in [2.45, 2.75) is 31.1 Å². The molecule has 3 aliphatic carbocycles. The Morgan fingerprint density at radius 3 is 2.58 bits per heavy atom. The number of ether oxygens (including phenoxy) is 1. The molecule has 0 radical (unpaired) electrons. The number of aromatic nitrogens is 3. The molecule has 0 amide bonds. The topological polar surface area (TPSA) is 53.1 Å². The molecular weight excluding hydrogens is 818 g/mol. The molecule has 242 valence electrons. The van der Waals surface area contributed by atoms with Crippen molar-refractivity contribution in [1.29, 1.82) is 0 Å². The van der Waals surface area contributed by atoms with Gasteiger partial charge in [0.25, 0.3) is 0 Å². The first-order valence-corrected chi connectivity index (χ1v) is 17.6. The summed E-state index contributed by atoms with van der Waals surface area (Å²) in [5.41, 5.74) is 11.4. The Morgan fingerprint density at radius 2 is 1.64 bits per heavy atom. The van der Waals surface area contributed by atoms with Gasteiger partial charge in [0, 0.05) is 34.5 Å². The Morgan fingerprint density at radius 1 is 0.780 bits per heavy atom. The van der Waals surface area contributed by atoms with E-state index in [2.05, 4.69) is 88.4 Å². The third kappa shape index (κ3) is 3.98. The van der Waals surface area contributed by atoms with Crippen molar-refractivity contribution in [1.82, 2.24) is 13.9 Å². The normalized spacial score (nSPS) is 17.1. The summed E-state index contributed by atoms with van der Waals surface area (Å²) in [7, 11) is 0. The maximum absolute atomic E-state index is 6.54. The van der Waals surface area contributed by atoms with E-state index in [-0.39, 0.29) is 21.1 Å². The molecule has 4 aromatic heterocycles. The molecule has 1 unspecified atom stereocenters. The molecule has 8 aromatic rings. The number of furan rings is 1.